The molecule has 0 bridgehead atoms. The summed E-state index contributed by atoms with van der Waals surface area (Å²) in [7, 11) is -3.40. The van der Waals surface area contributed by atoms with E-state index < -0.39 is 21.5 Å². The monoisotopic (exact) mass is 563 g/mol. The summed E-state index contributed by atoms with van der Waals surface area (Å²) in [6.45, 7) is 10.6. The lowest BCUT2D eigenvalue weighted by atomic mass is 9.92. The van der Waals surface area contributed by atoms with Crippen LogP contribution in [0.15, 0.2) is 18.2 Å². The van der Waals surface area contributed by atoms with Crippen LogP contribution in [-0.2, 0) is 14.6 Å². The summed E-state index contributed by atoms with van der Waals surface area (Å²) in [5, 5.41) is 2.94. The first-order valence-corrected chi connectivity index (χ1v) is 18.1. The highest BCUT2D eigenvalue weighted by Gasteiger charge is 2.20. The van der Waals surface area contributed by atoms with E-state index in [2.05, 4.69) is 39.9 Å². The molecule has 4 nitrogen and oxygen atoms in total. The molecule has 1 rings (SSSR count). The average molecular weight is 564 g/mol. The highest BCUT2D eigenvalue weighted by molar-refractivity contribution is 7.92. The molecular formula is C34H61NO3S. The van der Waals surface area contributed by atoms with Crippen molar-refractivity contribution < 1.29 is 13.2 Å². The third-order valence-corrected chi connectivity index (χ3v) is 9.41. The Morgan fingerprint density at radius 1 is 0.641 bits per heavy atom. The molecule has 0 radical (unpaired) electrons. The van der Waals surface area contributed by atoms with E-state index in [1.165, 1.54) is 96.3 Å². The number of hydrogen-bond donors (Lipinski definition) is 1. The zero-order valence-corrected chi connectivity index (χ0v) is 27.0. The molecule has 1 amide bonds. The highest BCUT2D eigenvalue weighted by atomic mass is 32.2. The number of nitrogens with one attached hydrogen (secondary N) is 1. The van der Waals surface area contributed by atoms with Crippen molar-refractivity contribution in [1.29, 1.82) is 0 Å². The molecule has 5 heteroatoms. The molecule has 226 valence electrons. The van der Waals surface area contributed by atoms with Crippen LogP contribution in [0, 0.1) is 0 Å². The Bertz CT molecular complexity index is 850. The number of carbonyl (C=O) groups excluding carboxylic acids is 1. The second kappa shape index (κ2) is 21.4. The first-order chi connectivity index (χ1) is 18.7. The number of unbranched alkanes of at least 4 members (excludes halogenated alkanes) is 17. The smallest absolute Gasteiger partial charge is 0.239 e. The third kappa shape index (κ3) is 17.1. The molecule has 0 fully saturated rings. The molecule has 0 aliphatic carbocycles. The van der Waals surface area contributed by atoms with Gasteiger partial charge >= 0.3 is 0 Å². The Kier molecular flexibility index (Phi) is 19.6. The summed E-state index contributed by atoms with van der Waals surface area (Å²) in [4.78, 5) is 12.7. The van der Waals surface area contributed by atoms with Crippen molar-refractivity contribution in [3.63, 3.8) is 0 Å². The van der Waals surface area contributed by atoms with E-state index in [9.17, 15) is 13.2 Å². The number of sulfone groups is 1. The second-order valence-corrected chi connectivity index (χ2v) is 14.5. The summed E-state index contributed by atoms with van der Waals surface area (Å²) < 4.78 is 25.2. The van der Waals surface area contributed by atoms with Crippen LogP contribution in [0.1, 0.15) is 173 Å². The minimum absolute atomic E-state index is 0.0992. The number of anilines is 1. The zero-order chi connectivity index (χ0) is 28.9. The SMILES string of the molecule is CCCCCCCCCCCCCCCCCCCCS(=O)(=O)CC(=O)Nc1c(C(C)C)cccc1C(C)C. The summed E-state index contributed by atoms with van der Waals surface area (Å²) in [5.74, 6) is -0.268. The van der Waals surface area contributed by atoms with Crippen LogP contribution in [0.5, 0.6) is 0 Å². The molecule has 0 aliphatic rings. The van der Waals surface area contributed by atoms with Crippen molar-refractivity contribution in [3.8, 4) is 0 Å². The van der Waals surface area contributed by atoms with E-state index in [1.54, 1.807) is 0 Å². The summed E-state index contributed by atoms with van der Waals surface area (Å²) >= 11 is 0. The van der Waals surface area contributed by atoms with Crippen molar-refractivity contribution in [2.75, 3.05) is 16.8 Å². The standard InChI is InChI=1S/C34H61NO3S/c1-6-7-8-9-10-11-12-13-14-15-16-17-18-19-20-21-22-23-27-39(37,38)28-33(36)35-34-31(29(2)3)25-24-26-32(34)30(4)5/h24-26,29-30H,6-23,27-28H2,1-5H3,(H,35,36). The lowest BCUT2D eigenvalue weighted by Crippen LogP contribution is -2.26. The lowest BCUT2D eigenvalue weighted by molar-refractivity contribution is -0.113. The lowest BCUT2D eigenvalue weighted by Gasteiger charge is -2.20. The molecule has 1 aromatic carbocycles. The molecule has 0 saturated carbocycles. The van der Waals surface area contributed by atoms with Crippen LogP contribution >= 0.6 is 0 Å². The van der Waals surface area contributed by atoms with Crippen LogP contribution in [0.25, 0.3) is 0 Å². The van der Waals surface area contributed by atoms with Gasteiger partial charge in [0, 0.05) is 5.69 Å². The normalized spacial score (nSPS) is 12.0. The predicted molar refractivity (Wildman–Crippen MR) is 171 cm³/mol. The van der Waals surface area contributed by atoms with E-state index in [4.69, 9.17) is 0 Å². The summed E-state index contributed by atoms with van der Waals surface area (Å²) in [5.41, 5.74) is 2.89. The second-order valence-electron chi connectivity index (χ2n) is 12.3. The summed E-state index contributed by atoms with van der Waals surface area (Å²) in [6.07, 6.45) is 23.1. The van der Waals surface area contributed by atoms with Gasteiger partial charge in [-0.3, -0.25) is 4.79 Å². The summed E-state index contributed by atoms with van der Waals surface area (Å²) in [6, 6.07) is 6.03. The Hall–Kier alpha value is -1.36. The van der Waals surface area contributed by atoms with E-state index >= 15 is 0 Å². The van der Waals surface area contributed by atoms with E-state index in [1.807, 2.05) is 18.2 Å². The number of carbonyl (C=O) groups is 1. The van der Waals surface area contributed by atoms with Crippen LogP contribution in [-0.4, -0.2) is 25.8 Å². The van der Waals surface area contributed by atoms with Gasteiger partial charge in [-0.2, -0.15) is 0 Å². The van der Waals surface area contributed by atoms with Crippen molar-refractivity contribution in [3.05, 3.63) is 29.3 Å². The number of rotatable bonds is 24. The van der Waals surface area contributed by atoms with Crippen molar-refractivity contribution in [2.24, 2.45) is 0 Å². The molecule has 39 heavy (non-hydrogen) atoms. The molecule has 0 aromatic heterocycles. The fourth-order valence-electron chi connectivity index (χ4n) is 5.37. The van der Waals surface area contributed by atoms with Gasteiger partial charge < -0.3 is 5.32 Å². The van der Waals surface area contributed by atoms with Crippen molar-refractivity contribution in [1.82, 2.24) is 0 Å². The molecule has 0 heterocycles. The Labute approximate surface area is 242 Å². The molecule has 1 aromatic rings. The van der Waals surface area contributed by atoms with Crippen LogP contribution in [0.2, 0.25) is 0 Å². The van der Waals surface area contributed by atoms with Crippen molar-refractivity contribution >= 4 is 21.4 Å². The first-order valence-electron chi connectivity index (χ1n) is 16.3. The molecule has 0 aliphatic heterocycles. The van der Waals surface area contributed by atoms with Crippen LogP contribution < -0.4 is 5.32 Å². The quantitative estimate of drug-likeness (QED) is 0.127. The molecule has 0 unspecified atom stereocenters. The number of hydrogen-bond acceptors (Lipinski definition) is 3. The number of para-hydroxylation sites is 1. The maximum atomic E-state index is 12.7. The number of benzene rings is 1. The van der Waals surface area contributed by atoms with Gasteiger partial charge in [0.15, 0.2) is 9.84 Å². The molecule has 0 spiro atoms. The maximum absolute atomic E-state index is 12.7. The Balaban J connectivity index is 2.11. The molecule has 1 N–H and O–H groups in total. The Morgan fingerprint density at radius 3 is 1.36 bits per heavy atom. The molecular weight excluding hydrogens is 502 g/mol. The highest BCUT2D eigenvalue weighted by Crippen LogP contribution is 2.32. The minimum atomic E-state index is -3.40. The number of amides is 1. The van der Waals surface area contributed by atoms with Gasteiger partial charge in [0.05, 0.1) is 5.75 Å². The maximum Gasteiger partial charge on any atom is 0.239 e. The zero-order valence-electron chi connectivity index (χ0n) is 26.2. The first kappa shape index (κ1) is 35.7. The molecule has 0 atom stereocenters. The fourth-order valence-corrected chi connectivity index (χ4v) is 6.63. The largest absolute Gasteiger partial charge is 0.325 e. The van der Waals surface area contributed by atoms with Gasteiger partial charge in [0.2, 0.25) is 5.91 Å². The van der Waals surface area contributed by atoms with Gasteiger partial charge in [-0.25, -0.2) is 8.42 Å². The fraction of sp³-hybridized carbons (Fsp3) is 0.794. The van der Waals surface area contributed by atoms with E-state index in [-0.39, 0.29) is 17.6 Å². The Morgan fingerprint density at radius 2 is 1.00 bits per heavy atom. The average Bonchev–Trinajstić information content (AvgIpc) is 2.87. The topological polar surface area (TPSA) is 63.2 Å². The van der Waals surface area contributed by atoms with Gasteiger partial charge in [-0.1, -0.05) is 162 Å². The van der Waals surface area contributed by atoms with Gasteiger partial charge in [0.1, 0.15) is 5.75 Å². The van der Waals surface area contributed by atoms with Gasteiger partial charge in [-0.15, -0.1) is 0 Å². The van der Waals surface area contributed by atoms with Crippen molar-refractivity contribution in [2.45, 2.75) is 162 Å². The van der Waals surface area contributed by atoms with Crippen LogP contribution in [0.4, 0.5) is 5.69 Å². The van der Waals surface area contributed by atoms with Gasteiger partial charge in [0.25, 0.3) is 0 Å². The molecule has 0 saturated heterocycles. The predicted octanol–water partition coefficient (Wildman–Crippen LogP) is 10.3. The minimum Gasteiger partial charge on any atom is -0.325 e. The van der Waals surface area contributed by atoms with Crippen LogP contribution in [0.3, 0.4) is 0 Å². The van der Waals surface area contributed by atoms with E-state index in [0.717, 1.165) is 29.7 Å². The van der Waals surface area contributed by atoms with E-state index in [0.29, 0.717) is 6.42 Å². The van der Waals surface area contributed by atoms with Gasteiger partial charge in [-0.05, 0) is 29.4 Å². The third-order valence-electron chi connectivity index (χ3n) is 7.80.